The second kappa shape index (κ2) is 5.88. The molecule has 3 nitrogen and oxygen atoms in total. The molecule has 0 aromatic heterocycles. The van der Waals surface area contributed by atoms with Crippen molar-refractivity contribution < 1.29 is 0 Å². The average Bonchev–Trinajstić information content (AvgIpc) is 3.31. The number of anilines is 2. The number of benzene rings is 1. The lowest BCUT2D eigenvalue weighted by atomic mass is 9.97. The highest BCUT2D eigenvalue weighted by Crippen LogP contribution is 2.46. The van der Waals surface area contributed by atoms with Gasteiger partial charge in [-0.2, -0.15) is 0 Å². The first kappa shape index (κ1) is 14.7. The molecule has 1 saturated heterocycles. The van der Waals surface area contributed by atoms with Gasteiger partial charge in [-0.05, 0) is 75.4 Å². The summed E-state index contributed by atoms with van der Waals surface area (Å²) >= 11 is 0. The first-order chi connectivity index (χ1) is 10.1. The Morgan fingerprint density at radius 2 is 1.81 bits per heavy atom. The molecule has 1 aliphatic heterocycles. The number of piperidine rings is 1. The smallest absolute Gasteiger partial charge is 0.0405 e. The second-order valence-electron chi connectivity index (χ2n) is 6.92. The summed E-state index contributed by atoms with van der Waals surface area (Å²) in [7, 11) is 4.41. The van der Waals surface area contributed by atoms with Crippen LogP contribution in [0.15, 0.2) is 12.1 Å². The van der Waals surface area contributed by atoms with Crippen molar-refractivity contribution in [2.45, 2.75) is 51.0 Å². The van der Waals surface area contributed by atoms with Crippen LogP contribution in [0.2, 0.25) is 0 Å². The molecular weight excluding hydrogens is 258 g/mol. The minimum absolute atomic E-state index is 0.741. The topological polar surface area (TPSA) is 32.5 Å². The normalized spacial score (nSPS) is 20.3. The highest BCUT2D eigenvalue weighted by atomic mass is 15.2. The Balaban J connectivity index is 1.84. The van der Waals surface area contributed by atoms with Gasteiger partial charge >= 0.3 is 0 Å². The quantitative estimate of drug-likeness (QED) is 0.863. The van der Waals surface area contributed by atoms with Gasteiger partial charge in [-0.3, -0.25) is 0 Å². The Kier molecular flexibility index (Phi) is 4.12. The van der Waals surface area contributed by atoms with Crippen LogP contribution in [-0.4, -0.2) is 38.1 Å². The summed E-state index contributed by atoms with van der Waals surface area (Å²) in [5.74, 6) is 0.764. The van der Waals surface area contributed by atoms with Gasteiger partial charge in [-0.15, -0.1) is 0 Å². The fourth-order valence-electron chi connectivity index (χ4n) is 3.59. The summed E-state index contributed by atoms with van der Waals surface area (Å²) < 4.78 is 0. The molecule has 3 rings (SSSR count). The summed E-state index contributed by atoms with van der Waals surface area (Å²) in [6.45, 7) is 4.55. The molecule has 1 aliphatic carbocycles. The van der Waals surface area contributed by atoms with E-state index in [0.29, 0.717) is 0 Å². The van der Waals surface area contributed by atoms with Crippen molar-refractivity contribution in [2.75, 3.05) is 37.8 Å². The Bertz CT molecular complexity index is 497. The van der Waals surface area contributed by atoms with Gasteiger partial charge in [-0.25, -0.2) is 0 Å². The maximum absolute atomic E-state index is 6.23. The molecular formula is C18H29N3. The fourth-order valence-corrected chi connectivity index (χ4v) is 3.59. The molecule has 0 unspecified atom stereocenters. The number of nitrogen functional groups attached to an aromatic ring is 1. The van der Waals surface area contributed by atoms with Gasteiger partial charge in [0.2, 0.25) is 0 Å². The Labute approximate surface area is 129 Å². The molecule has 1 aromatic carbocycles. The molecule has 1 heterocycles. The summed E-state index contributed by atoms with van der Waals surface area (Å²) in [4.78, 5) is 4.98. The number of hydrogen-bond acceptors (Lipinski definition) is 3. The van der Waals surface area contributed by atoms with Crippen molar-refractivity contribution in [1.82, 2.24) is 4.90 Å². The summed E-state index contributed by atoms with van der Waals surface area (Å²) in [6, 6.07) is 5.38. The van der Waals surface area contributed by atoms with Crippen LogP contribution >= 0.6 is 0 Å². The van der Waals surface area contributed by atoms with E-state index >= 15 is 0 Å². The molecule has 2 aliphatic rings. The highest BCUT2D eigenvalue weighted by molar-refractivity contribution is 5.66. The van der Waals surface area contributed by atoms with E-state index in [-0.39, 0.29) is 0 Å². The van der Waals surface area contributed by atoms with Crippen LogP contribution in [0.4, 0.5) is 11.4 Å². The van der Waals surface area contributed by atoms with Gasteiger partial charge in [0.05, 0.1) is 0 Å². The number of rotatable bonds is 4. The van der Waals surface area contributed by atoms with E-state index in [2.05, 4.69) is 43.0 Å². The third-order valence-electron chi connectivity index (χ3n) is 5.22. The Hall–Kier alpha value is -1.22. The molecule has 2 N–H and O–H groups in total. The van der Waals surface area contributed by atoms with Crippen molar-refractivity contribution in [1.29, 1.82) is 0 Å². The first-order valence-electron chi connectivity index (χ1n) is 8.43. The molecule has 0 radical (unpaired) electrons. The van der Waals surface area contributed by atoms with Crippen molar-refractivity contribution in [3.05, 3.63) is 23.3 Å². The Morgan fingerprint density at radius 3 is 2.33 bits per heavy atom. The van der Waals surface area contributed by atoms with E-state index in [1.165, 1.54) is 55.6 Å². The van der Waals surface area contributed by atoms with E-state index in [1.54, 1.807) is 0 Å². The first-order valence-corrected chi connectivity index (χ1v) is 8.43. The predicted octanol–water partition coefficient (Wildman–Crippen LogP) is 3.24. The van der Waals surface area contributed by atoms with Crippen LogP contribution < -0.4 is 10.6 Å². The zero-order valence-electron chi connectivity index (χ0n) is 13.7. The van der Waals surface area contributed by atoms with E-state index in [4.69, 9.17) is 5.73 Å². The van der Waals surface area contributed by atoms with Gasteiger partial charge in [0, 0.05) is 30.5 Å². The lowest BCUT2D eigenvalue weighted by molar-refractivity contribution is 0.249. The van der Waals surface area contributed by atoms with Crippen LogP contribution in [0.1, 0.15) is 49.7 Å². The third kappa shape index (κ3) is 3.03. The lowest BCUT2D eigenvalue weighted by Crippen LogP contribution is -2.42. The molecule has 0 atom stereocenters. The van der Waals surface area contributed by atoms with Crippen molar-refractivity contribution in [3.63, 3.8) is 0 Å². The van der Waals surface area contributed by atoms with E-state index in [1.807, 2.05) is 0 Å². The fraction of sp³-hybridized carbons (Fsp3) is 0.667. The van der Waals surface area contributed by atoms with Crippen LogP contribution in [0.5, 0.6) is 0 Å². The molecule has 0 amide bonds. The zero-order valence-corrected chi connectivity index (χ0v) is 13.7. The van der Waals surface area contributed by atoms with Gasteiger partial charge in [0.1, 0.15) is 0 Å². The average molecular weight is 287 g/mol. The van der Waals surface area contributed by atoms with Crippen LogP contribution in [0, 0.1) is 0 Å². The maximum atomic E-state index is 6.23. The van der Waals surface area contributed by atoms with Crippen LogP contribution in [0.25, 0.3) is 0 Å². The monoisotopic (exact) mass is 287 g/mol. The van der Waals surface area contributed by atoms with E-state index in [0.717, 1.165) is 24.1 Å². The number of hydrogen-bond donors (Lipinski definition) is 1. The lowest BCUT2D eigenvalue weighted by Gasteiger charge is -2.37. The molecule has 1 aromatic rings. The third-order valence-corrected chi connectivity index (χ3v) is 5.22. The van der Waals surface area contributed by atoms with Gasteiger partial charge in [-0.1, -0.05) is 6.92 Å². The van der Waals surface area contributed by atoms with Crippen molar-refractivity contribution in [2.24, 2.45) is 0 Å². The molecule has 21 heavy (non-hydrogen) atoms. The van der Waals surface area contributed by atoms with Gasteiger partial charge < -0.3 is 15.5 Å². The van der Waals surface area contributed by atoms with Gasteiger partial charge in [0.25, 0.3) is 0 Å². The molecule has 1 saturated carbocycles. The second-order valence-corrected chi connectivity index (χ2v) is 6.92. The minimum atomic E-state index is 0.741. The van der Waals surface area contributed by atoms with Crippen LogP contribution in [-0.2, 0) is 6.42 Å². The summed E-state index contributed by atoms with van der Waals surface area (Å²) in [5, 5.41) is 0. The minimum Gasteiger partial charge on any atom is -0.398 e. The molecule has 0 spiro atoms. The van der Waals surface area contributed by atoms with Crippen LogP contribution in [0.3, 0.4) is 0 Å². The number of nitrogens with zero attached hydrogens (tertiary/aromatic N) is 2. The molecule has 0 bridgehead atoms. The molecule has 3 heteroatoms. The van der Waals surface area contributed by atoms with Crippen molar-refractivity contribution in [3.8, 4) is 0 Å². The number of aryl methyl sites for hydroxylation is 1. The predicted molar refractivity (Wildman–Crippen MR) is 91.1 cm³/mol. The SMILES string of the molecule is CCc1cc(N2CCC(N(C)C)CC2)c(C2CC2)cc1N. The zero-order chi connectivity index (χ0) is 15.0. The van der Waals surface area contributed by atoms with Crippen molar-refractivity contribution >= 4 is 11.4 Å². The molecule has 2 fully saturated rings. The summed E-state index contributed by atoms with van der Waals surface area (Å²) in [5.41, 5.74) is 11.5. The maximum Gasteiger partial charge on any atom is 0.0405 e. The van der Waals surface area contributed by atoms with E-state index < -0.39 is 0 Å². The molecule has 116 valence electrons. The van der Waals surface area contributed by atoms with Gasteiger partial charge in [0.15, 0.2) is 0 Å². The standard InChI is InChI=1S/C18H29N3/c1-4-13-11-18(16(12-17(13)19)14-5-6-14)21-9-7-15(8-10-21)20(2)3/h11-12,14-15H,4-10,19H2,1-3H3. The largest absolute Gasteiger partial charge is 0.398 e. The highest BCUT2D eigenvalue weighted by Gasteiger charge is 2.30. The summed E-state index contributed by atoms with van der Waals surface area (Å²) in [6.07, 6.45) is 6.24. The van der Waals surface area contributed by atoms with E-state index in [9.17, 15) is 0 Å². The number of nitrogens with two attached hydrogens (primary N) is 1. The Morgan fingerprint density at radius 1 is 1.14 bits per heavy atom.